The van der Waals surface area contributed by atoms with Gasteiger partial charge in [-0.15, -0.1) is 5.10 Å². The molecule has 3 N–H and O–H groups in total. The first-order valence-corrected chi connectivity index (χ1v) is 9.38. The number of fused-ring (bicyclic) bond motifs is 2. The molecule has 9 nitrogen and oxygen atoms in total. The second kappa shape index (κ2) is 7.78. The molecule has 0 bridgehead atoms. The predicted molar refractivity (Wildman–Crippen MR) is 110 cm³/mol. The predicted octanol–water partition coefficient (Wildman–Crippen LogP) is 1.65. The Balaban J connectivity index is 1.57. The first kappa shape index (κ1) is 19.3. The van der Waals surface area contributed by atoms with Gasteiger partial charge in [0.1, 0.15) is 17.6 Å². The first-order chi connectivity index (χ1) is 14.5. The van der Waals surface area contributed by atoms with Gasteiger partial charge < -0.3 is 15.4 Å². The van der Waals surface area contributed by atoms with Crippen LogP contribution in [0.25, 0.3) is 21.8 Å². The van der Waals surface area contributed by atoms with E-state index in [-0.39, 0.29) is 6.42 Å². The van der Waals surface area contributed by atoms with Gasteiger partial charge in [-0.3, -0.25) is 9.59 Å². The van der Waals surface area contributed by atoms with Gasteiger partial charge >= 0.3 is 5.97 Å². The van der Waals surface area contributed by atoms with Crippen molar-refractivity contribution in [3.63, 3.8) is 0 Å². The molecule has 2 aromatic heterocycles. The van der Waals surface area contributed by atoms with Crippen LogP contribution in [0.15, 0.2) is 59.5 Å². The molecule has 4 aromatic rings. The number of aromatic nitrogens is 4. The van der Waals surface area contributed by atoms with Crippen LogP contribution < -0.4 is 10.9 Å². The highest BCUT2D eigenvalue weighted by molar-refractivity contribution is 5.88. The van der Waals surface area contributed by atoms with Crippen LogP contribution in [-0.4, -0.2) is 43.0 Å². The summed E-state index contributed by atoms with van der Waals surface area (Å²) in [7, 11) is 0. The zero-order valence-electron chi connectivity index (χ0n) is 16.1. The zero-order valence-corrected chi connectivity index (χ0v) is 16.1. The minimum Gasteiger partial charge on any atom is -0.480 e. The number of nitrogens with one attached hydrogen (secondary N) is 2. The minimum absolute atomic E-state index is 0.0934. The Morgan fingerprint density at radius 1 is 1.13 bits per heavy atom. The molecular formula is C21H19N5O4. The lowest BCUT2D eigenvalue weighted by Crippen LogP contribution is -2.46. The topological polar surface area (TPSA) is 130 Å². The Bertz CT molecular complexity index is 1310. The lowest BCUT2D eigenvalue weighted by atomic mass is 10.0. The van der Waals surface area contributed by atoms with Gasteiger partial charge in [0.05, 0.1) is 5.39 Å². The van der Waals surface area contributed by atoms with Gasteiger partial charge in [0, 0.05) is 23.5 Å². The van der Waals surface area contributed by atoms with Crippen LogP contribution in [0.5, 0.6) is 0 Å². The number of para-hydroxylation sites is 1. The summed E-state index contributed by atoms with van der Waals surface area (Å²) in [4.78, 5) is 40.3. The van der Waals surface area contributed by atoms with E-state index in [0.29, 0.717) is 10.9 Å². The number of H-pyrrole nitrogens is 1. The lowest BCUT2D eigenvalue weighted by molar-refractivity contribution is -0.142. The fourth-order valence-corrected chi connectivity index (χ4v) is 3.38. The number of nitrogens with zero attached hydrogens (tertiary/aromatic N) is 3. The highest BCUT2D eigenvalue weighted by atomic mass is 16.4. The summed E-state index contributed by atoms with van der Waals surface area (Å²) in [6.07, 6.45) is 1.83. The van der Waals surface area contributed by atoms with E-state index in [1.165, 1.54) is 6.92 Å². The number of carboxylic acid groups (broad SMARTS) is 1. The van der Waals surface area contributed by atoms with E-state index in [0.717, 1.165) is 21.1 Å². The molecule has 4 rings (SSSR count). The molecule has 2 heterocycles. The first-order valence-electron chi connectivity index (χ1n) is 9.38. The summed E-state index contributed by atoms with van der Waals surface area (Å²) in [5, 5.41) is 21.2. The van der Waals surface area contributed by atoms with Crippen LogP contribution in [-0.2, 0) is 16.0 Å². The fourth-order valence-electron chi connectivity index (χ4n) is 3.38. The van der Waals surface area contributed by atoms with Crippen molar-refractivity contribution in [1.29, 1.82) is 0 Å². The Hall–Kier alpha value is -4.01. The third kappa shape index (κ3) is 3.52. The molecule has 1 amide bonds. The average molecular weight is 405 g/mol. The number of aliphatic carboxylic acids is 1. The van der Waals surface area contributed by atoms with Crippen LogP contribution in [0.3, 0.4) is 0 Å². The number of hydrogen-bond donors (Lipinski definition) is 3. The lowest BCUT2D eigenvalue weighted by Gasteiger charge is -2.18. The molecule has 2 aromatic carbocycles. The van der Waals surface area contributed by atoms with Gasteiger partial charge in [-0.05, 0) is 30.7 Å². The zero-order chi connectivity index (χ0) is 21.3. The van der Waals surface area contributed by atoms with Crippen molar-refractivity contribution in [3.8, 4) is 0 Å². The second-order valence-electron chi connectivity index (χ2n) is 7.00. The van der Waals surface area contributed by atoms with E-state index in [1.54, 1.807) is 30.5 Å². The van der Waals surface area contributed by atoms with Gasteiger partial charge in [-0.2, -0.15) is 4.68 Å². The molecule has 0 aliphatic rings. The maximum atomic E-state index is 12.7. The molecule has 9 heteroatoms. The van der Waals surface area contributed by atoms with E-state index in [9.17, 15) is 19.5 Å². The van der Waals surface area contributed by atoms with Crippen molar-refractivity contribution in [3.05, 3.63) is 70.6 Å². The number of benzene rings is 2. The van der Waals surface area contributed by atoms with Crippen molar-refractivity contribution < 1.29 is 14.7 Å². The van der Waals surface area contributed by atoms with Gasteiger partial charge in [-0.25, -0.2) is 4.79 Å². The Labute approximate surface area is 170 Å². The second-order valence-corrected chi connectivity index (χ2v) is 7.00. The molecule has 2 atom stereocenters. The molecule has 0 spiro atoms. The summed E-state index contributed by atoms with van der Waals surface area (Å²) in [6, 6.07) is 12.0. The van der Waals surface area contributed by atoms with Crippen molar-refractivity contribution in [1.82, 2.24) is 25.3 Å². The molecule has 0 saturated carbocycles. The fraction of sp³-hybridized carbons (Fsp3) is 0.190. The summed E-state index contributed by atoms with van der Waals surface area (Å²) >= 11 is 0. The van der Waals surface area contributed by atoms with E-state index >= 15 is 0 Å². The van der Waals surface area contributed by atoms with Crippen LogP contribution in [0.4, 0.5) is 0 Å². The quantitative estimate of drug-likeness (QED) is 0.447. The van der Waals surface area contributed by atoms with E-state index < -0.39 is 29.5 Å². The number of aromatic amines is 1. The molecule has 0 fully saturated rings. The average Bonchev–Trinajstić information content (AvgIpc) is 3.16. The number of amides is 1. The highest BCUT2D eigenvalue weighted by Gasteiger charge is 2.26. The number of carbonyl (C=O) groups is 2. The van der Waals surface area contributed by atoms with Gasteiger partial charge in [0.2, 0.25) is 5.91 Å². The van der Waals surface area contributed by atoms with Crippen molar-refractivity contribution in [2.75, 3.05) is 0 Å². The number of rotatable bonds is 6. The Kier molecular flexibility index (Phi) is 5.01. The summed E-state index contributed by atoms with van der Waals surface area (Å²) in [5.74, 6) is -1.80. The van der Waals surface area contributed by atoms with Crippen LogP contribution in [0.1, 0.15) is 18.5 Å². The van der Waals surface area contributed by atoms with E-state index in [1.807, 2.05) is 24.3 Å². The van der Waals surface area contributed by atoms with E-state index in [2.05, 4.69) is 20.6 Å². The molecular weight excluding hydrogens is 386 g/mol. The van der Waals surface area contributed by atoms with Crippen molar-refractivity contribution >= 4 is 33.7 Å². The molecule has 152 valence electrons. The summed E-state index contributed by atoms with van der Waals surface area (Å²) in [5.41, 5.74) is 1.61. The maximum absolute atomic E-state index is 12.7. The third-order valence-corrected chi connectivity index (χ3v) is 5.05. The SMILES string of the molecule is C[C@@H](C(=O)N[C@@H](Cc1c[nH]c2ccccc12)C(=O)O)n1nnc2ccccc2c1=O. The molecule has 0 aliphatic carbocycles. The minimum atomic E-state index is -1.17. The van der Waals surface area contributed by atoms with Crippen molar-refractivity contribution in [2.24, 2.45) is 0 Å². The molecule has 0 unspecified atom stereocenters. The largest absolute Gasteiger partial charge is 0.480 e. The molecule has 0 aliphatic heterocycles. The van der Waals surface area contributed by atoms with Crippen LogP contribution >= 0.6 is 0 Å². The van der Waals surface area contributed by atoms with Gasteiger partial charge in [0.25, 0.3) is 5.56 Å². The highest BCUT2D eigenvalue weighted by Crippen LogP contribution is 2.19. The molecule has 0 radical (unpaired) electrons. The van der Waals surface area contributed by atoms with Crippen molar-refractivity contribution in [2.45, 2.75) is 25.4 Å². The summed E-state index contributed by atoms with van der Waals surface area (Å²) in [6.45, 7) is 1.48. The summed E-state index contributed by atoms with van der Waals surface area (Å²) < 4.78 is 0.961. The number of carboxylic acids is 1. The third-order valence-electron chi connectivity index (χ3n) is 5.05. The smallest absolute Gasteiger partial charge is 0.326 e. The van der Waals surface area contributed by atoms with Gasteiger partial charge in [0.15, 0.2) is 0 Å². The van der Waals surface area contributed by atoms with Crippen LogP contribution in [0.2, 0.25) is 0 Å². The monoisotopic (exact) mass is 405 g/mol. The number of hydrogen-bond acceptors (Lipinski definition) is 5. The normalized spacial score (nSPS) is 13.2. The maximum Gasteiger partial charge on any atom is 0.326 e. The van der Waals surface area contributed by atoms with Gasteiger partial charge in [-0.1, -0.05) is 35.5 Å². The Morgan fingerprint density at radius 3 is 2.60 bits per heavy atom. The van der Waals surface area contributed by atoms with E-state index in [4.69, 9.17) is 0 Å². The molecule has 30 heavy (non-hydrogen) atoms. The number of carbonyl (C=O) groups excluding carboxylic acids is 1. The Morgan fingerprint density at radius 2 is 1.83 bits per heavy atom. The standard InChI is InChI=1S/C21H19N5O4/c1-12(26-20(28)15-7-3-5-9-17(15)24-25-26)19(27)23-18(21(29)30)10-13-11-22-16-8-4-2-6-14(13)16/h2-9,11-12,18,22H,10H2,1H3,(H,23,27)(H,29,30)/t12-,18-/m0/s1. The van der Waals surface area contributed by atoms with Crippen LogP contribution in [0, 0.1) is 0 Å². The molecule has 0 saturated heterocycles.